The number of nitrogens with zero attached hydrogens (tertiary/aromatic N) is 1. The molecule has 0 radical (unpaired) electrons. The van der Waals surface area contributed by atoms with Gasteiger partial charge in [-0.3, -0.25) is 4.79 Å². The van der Waals surface area contributed by atoms with E-state index in [1.807, 2.05) is 38.1 Å². The van der Waals surface area contributed by atoms with Gasteiger partial charge in [0.25, 0.3) is 5.91 Å². The van der Waals surface area contributed by atoms with Crippen molar-refractivity contribution in [2.24, 2.45) is 0 Å². The fraction of sp³-hybridized carbons (Fsp3) is 0.267. The van der Waals surface area contributed by atoms with Gasteiger partial charge in [0.15, 0.2) is 18.2 Å². The molecule has 3 aromatic carbocycles. The Balaban J connectivity index is 1.34. The molecule has 7 heteroatoms. The van der Waals surface area contributed by atoms with Crippen molar-refractivity contribution in [1.82, 2.24) is 9.88 Å². The van der Waals surface area contributed by atoms with Crippen LogP contribution in [0.1, 0.15) is 57.1 Å². The molecule has 1 amide bonds. The van der Waals surface area contributed by atoms with Crippen LogP contribution < -0.4 is 10.1 Å². The largest absolute Gasteiger partial charge is 0.479 e. The zero-order valence-electron chi connectivity index (χ0n) is 20.9. The van der Waals surface area contributed by atoms with Crippen LogP contribution >= 0.6 is 0 Å². The van der Waals surface area contributed by atoms with Crippen LogP contribution in [0.5, 0.6) is 5.75 Å². The maximum atomic E-state index is 14.1. The maximum absolute atomic E-state index is 14.1. The second-order valence-corrected chi connectivity index (χ2v) is 9.68. The number of hydrogen-bond acceptors (Lipinski definition) is 3. The van der Waals surface area contributed by atoms with Gasteiger partial charge < -0.3 is 19.7 Å². The minimum atomic E-state index is -1.17. The third-order valence-corrected chi connectivity index (χ3v) is 7.04. The van der Waals surface area contributed by atoms with E-state index in [1.54, 1.807) is 6.07 Å². The van der Waals surface area contributed by atoms with Crippen molar-refractivity contribution >= 4 is 22.8 Å². The van der Waals surface area contributed by atoms with E-state index in [-0.39, 0.29) is 11.7 Å². The Morgan fingerprint density at radius 1 is 1.05 bits per heavy atom. The number of rotatable bonds is 9. The first-order valence-electron chi connectivity index (χ1n) is 12.4. The molecule has 6 nitrogen and oxygen atoms in total. The quantitative estimate of drug-likeness (QED) is 0.308. The van der Waals surface area contributed by atoms with Gasteiger partial charge in [-0.1, -0.05) is 30.3 Å². The van der Waals surface area contributed by atoms with E-state index < -0.39 is 18.4 Å². The summed E-state index contributed by atoms with van der Waals surface area (Å²) in [5, 5.41) is 12.9. The Morgan fingerprint density at radius 3 is 2.62 bits per heavy atom. The number of ether oxygens (including phenoxy) is 1. The average Bonchev–Trinajstić information content (AvgIpc) is 3.72. The normalized spacial score (nSPS) is 13.1. The predicted molar refractivity (Wildman–Crippen MR) is 140 cm³/mol. The van der Waals surface area contributed by atoms with Crippen LogP contribution in [0, 0.1) is 19.7 Å². The van der Waals surface area contributed by atoms with Gasteiger partial charge in [0, 0.05) is 35.2 Å². The summed E-state index contributed by atoms with van der Waals surface area (Å²) in [7, 11) is 0. The van der Waals surface area contributed by atoms with Gasteiger partial charge in [0.1, 0.15) is 0 Å². The fourth-order valence-corrected chi connectivity index (χ4v) is 4.73. The summed E-state index contributed by atoms with van der Waals surface area (Å²) in [5.41, 5.74) is 6.87. The zero-order valence-corrected chi connectivity index (χ0v) is 20.9. The van der Waals surface area contributed by atoms with Crippen molar-refractivity contribution in [3.05, 3.63) is 100.0 Å². The Morgan fingerprint density at radius 2 is 1.86 bits per heavy atom. The molecule has 1 aliphatic rings. The number of carbonyl (C=O) groups excluding carboxylic acids is 1. The van der Waals surface area contributed by atoms with Gasteiger partial charge in [-0.25, -0.2) is 9.18 Å². The molecular weight excluding hydrogens is 471 g/mol. The number of nitrogens with one attached hydrogen (secondary N) is 1. The van der Waals surface area contributed by atoms with E-state index in [2.05, 4.69) is 28.1 Å². The van der Waals surface area contributed by atoms with Gasteiger partial charge in [-0.05, 0) is 85.2 Å². The molecule has 190 valence electrons. The lowest BCUT2D eigenvalue weighted by molar-refractivity contribution is -0.139. The summed E-state index contributed by atoms with van der Waals surface area (Å²) in [4.78, 5) is 23.8. The highest BCUT2D eigenvalue weighted by molar-refractivity contribution is 5.99. The third-order valence-electron chi connectivity index (χ3n) is 7.04. The lowest BCUT2D eigenvalue weighted by Crippen LogP contribution is -2.22. The highest BCUT2D eigenvalue weighted by atomic mass is 19.1. The molecule has 4 aromatic rings. The Labute approximate surface area is 214 Å². The predicted octanol–water partition coefficient (Wildman–Crippen LogP) is 5.72. The molecule has 1 saturated carbocycles. The topological polar surface area (TPSA) is 80.6 Å². The Kier molecular flexibility index (Phi) is 6.70. The summed E-state index contributed by atoms with van der Waals surface area (Å²) in [6.07, 6.45) is 2.49. The number of fused-ring (bicyclic) bond motifs is 1. The van der Waals surface area contributed by atoms with E-state index in [4.69, 9.17) is 9.84 Å². The molecule has 1 fully saturated rings. The van der Waals surface area contributed by atoms with Crippen molar-refractivity contribution in [1.29, 1.82) is 0 Å². The minimum Gasteiger partial charge on any atom is -0.479 e. The molecule has 2 N–H and O–H groups in total. The minimum absolute atomic E-state index is 0.0904. The van der Waals surface area contributed by atoms with Gasteiger partial charge in [-0.2, -0.15) is 0 Å². The lowest BCUT2D eigenvalue weighted by atomic mass is 10.1. The van der Waals surface area contributed by atoms with Crippen molar-refractivity contribution < 1.29 is 23.8 Å². The molecule has 0 bridgehead atoms. The van der Waals surface area contributed by atoms with E-state index in [0.29, 0.717) is 24.6 Å². The van der Waals surface area contributed by atoms with E-state index in [9.17, 15) is 14.0 Å². The standard InChI is InChI=1S/C30H29FN2O4/c1-18-19(2)33(16-21-6-10-26(31)28(13-21)37-17-29(34)35)27-11-9-24(14-25(18)27)30(36)32-15-20-4-3-5-23(12-20)22-7-8-22/h3-6,9-14,22H,7-8,15-17H2,1-2H3,(H,32,36)(H,34,35). The van der Waals surface area contributed by atoms with Crippen molar-refractivity contribution in [3.63, 3.8) is 0 Å². The number of aromatic nitrogens is 1. The first-order valence-corrected chi connectivity index (χ1v) is 12.4. The molecule has 37 heavy (non-hydrogen) atoms. The molecule has 0 unspecified atom stereocenters. The number of aliphatic carboxylic acids is 1. The van der Waals surface area contributed by atoms with Crippen LogP contribution in [0.2, 0.25) is 0 Å². The lowest BCUT2D eigenvalue weighted by Gasteiger charge is -2.12. The molecule has 1 heterocycles. The van der Waals surface area contributed by atoms with Crippen LogP contribution in [0.4, 0.5) is 4.39 Å². The van der Waals surface area contributed by atoms with E-state index >= 15 is 0 Å². The number of carboxylic acid groups (broad SMARTS) is 1. The summed E-state index contributed by atoms with van der Waals surface area (Å²) in [5.74, 6) is -1.31. The number of amides is 1. The van der Waals surface area contributed by atoms with Gasteiger partial charge >= 0.3 is 5.97 Å². The van der Waals surface area contributed by atoms with Crippen LogP contribution in [-0.4, -0.2) is 28.2 Å². The molecule has 5 rings (SSSR count). The summed E-state index contributed by atoms with van der Waals surface area (Å²) in [6.45, 7) is 4.34. The zero-order chi connectivity index (χ0) is 26.1. The van der Waals surface area contributed by atoms with Crippen molar-refractivity contribution in [3.8, 4) is 5.75 Å². The van der Waals surface area contributed by atoms with Gasteiger partial charge in [-0.15, -0.1) is 0 Å². The molecule has 0 spiro atoms. The molecule has 0 aliphatic heterocycles. The number of benzene rings is 3. The van der Waals surface area contributed by atoms with Gasteiger partial charge in [0.2, 0.25) is 0 Å². The van der Waals surface area contributed by atoms with Crippen LogP contribution in [0.3, 0.4) is 0 Å². The molecule has 0 saturated heterocycles. The maximum Gasteiger partial charge on any atom is 0.341 e. The van der Waals surface area contributed by atoms with Crippen LogP contribution in [0.15, 0.2) is 60.7 Å². The number of aryl methyl sites for hydroxylation is 1. The fourth-order valence-electron chi connectivity index (χ4n) is 4.73. The molecular formula is C30H29FN2O4. The summed E-state index contributed by atoms with van der Waals surface area (Å²) < 4.78 is 21.3. The third kappa shape index (κ3) is 5.35. The number of carboxylic acids is 1. The van der Waals surface area contributed by atoms with E-state index in [1.165, 1.54) is 30.5 Å². The highest BCUT2D eigenvalue weighted by Gasteiger charge is 2.23. The van der Waals surface area contributed by atoms with Gasteiger partial charge in [0.05, 0.1) is 0 Å². The van der Waals surface area contributed by atoms with Crippen LogP contribution in [-0.2, 0) is 17.9 Å². The monoisotopic (exact) mass is 500 g/mol. The number of hydrogen-bond donors (Lipinski definition) is 2. The molecule has 1 aromatic heterocycles. The average molecular weight is 501 g/mol. The second kappa shape index (κ2) is 10.1. The highest BCUT2D eigenvalue weighted by Crippen LogP contribution is 2.40. The molecule has 0 atom stereocenters. The number of carbonyl (C=O) groups is 2. The number of halogens is 1. The SMILES string of the molecule is Cc1c(C)n(Cc2ccc(F)c(OCC(=O)O)c2)c2ccc(C(=O)NCc3cccc(C4CC4)c3)cc12. The van der Waals surface area contributed by atoms with E-state index in [0.717, 1.165) is 33.3 Å². The second-order valence-electron chi connectivity index (χ2n) is 9.68. The van der Waals surface area contributed by atoms with Crippen molar-refractivity contribution in [2.45, 2.75) is 45.7 Å². The summed E-state index contributed by atoms with van der Waals surface area (Å²) >= 11 is 0. The Bertz CT molecular complexity index is 1500. The van der Waals surface area contributed by atoms with Crippen molar-refractivity contribution in [2.75, 3.05) is 6.61 Å². The van der Waals surface area contributed by atoms with Crippen LogP contribution in [0.25, 0.3) is 10.9 Å². The first kappa shape index (κ1) is 24.6. The molecule has 1 aliphatic carbocycles. The Hall–Kier alpha value is -4.13. The summed E-state index contributed by atoms with van der Waals surface area (Å²) in [6, 6.07) is 18.6. The first-order chi connectivity index (χ1) is 17.8. The smallest absolute Gasteiger partial charge is 0.341 e.